The molecule has 1 aromatic rings. The molecule has 1 unspecified atom stereocenters. The summed E-state index contributed by atoms with van der Waals surface area (Å²) in [6.45, 7) is 4.04. The van der Waals surface area contributed by atoms with E-state index in [0.717, 1.165) is 5.56 Å². The Balaban J connectivity index is 2.54. The van der Waals surface area contributed by atoms with Crippen LogP contribution in [0.25, 0.3) is 0 Å². The second-order valence-electron chi connectivity index (χ2n) is 3.08. The first-order valence-corrected chi connectivity index (χ1v) is 4.60. The molecule has 0 amide bonds. The number of carbonyl (C=O) groups is 1. The molecule has 4 nitrogen and oxygen atoms in total. The second kappa shape index (κ2) is 4.81. The minimum Gasteiger partial charge on any atom is -0.467 e. The largest absolute Gasteiger partial charge is 0.467 e. The third-order valence-electron chi connectivity index (χ3n) is 1.93. The number of aryl methyl sites for hydroxylation is 1. The lowest BCUT2D eigenvalue weighted by Crippen LogP contribution is -2.17. The highest BCUT2D eigenvalue weighted by molar-refractivity contribution is 5.70. The van der Waals surface area contributed by atoms with E-state index in [2.05, 4.69) is 0 Å². The Morgan fingerprint density at radius 3 is 2.93 bits per heavy atom. The Morgan fingerprint density at radius 1 is 1.71 bits per heavy atom. The summed E-state index contributed by atoms with van der Waals surface area (Å²) < 4.78 is 9.96. The van der Waals surface area contributed by atoms with Crippen molar-refractivity contribution in [1.82, 2.24) is 0 Å². The smallest absolute Gasteiger partial charge is 0.307 e. The summed E-state index contributed by atoms with van der Waals surface area (Å²) in [6.07, 6.45) is 1.72. The van der Waals surface area contributed by atoms with E-state index in [1.165, 1.54) is 0 Å². The number of hydrogen-bond donors (Lipinski definition) is 1. The van der Waals surface area contributed by atoms with Gasteiger partial charge in [0.05, 0.1) is 25.3 Å². The Hall–Kier alpha value is -1.29. The lowest BCUT2D eigenvalue weighted by atomic mass is 10.1. The maximum absolute atomic E-state index is 11.1. The molecule has 0 aliphatic heterocycles. The topological polar surface area (TPSA) is 65.5 Å². The van der Waals surface area contributed by atoms with Crippen LogP contribution in [0.3, 0.4) is 0 Å². The highest BCUT2D eigenvalue weighted by Gasteiger charge is 2.16. The number of nitrogens with two attached hydrogens (primary N) is 1. The van der Waals surface area contributed by atoms with Crippen molar-refractivity contribution in [3.05, 3.63) is 23.7 Å². The Bertz CT molecular complexity index is 306. The molecule has 4 heteroatoms. The van der Waals surface area contributed by atoms with Crippen LogP contribution < -0.4 is 5.73 Å². The molecule has 1 heterocycles. The number of esters is 1. The van der Waals surface area contributed by atoms with Crippen molar-refractivity contribution in [2.75, 3.05) is 6.61 Å². The molecule has 0 aromatic carbocycles. The van der Waals surface area contributed by atoms with Gasteiger partial charge in [0.2, 0.25) is 0 Å². The summed E-state index contributed by atoms with van der Waals surface area (Å²) in [5.41, 5.74) is 6.74. The van der Waals surface area contributed by atoms with Crippen molar-refractivity contribution in [3.63, 3.8) is 0 Å². The van der Waals surface area contributed by atoms with Crippen LogP contribution in [0.1, 0.15) is 30.7 Å². The summed E-state index contributed by atoms with van der Waals surface area (Å²) in [7, 11) is 0. The van der Waals surface area contributed by atoms with Crippen LogP contribution in [0.2, 0.25) is 0 Å². The van der Waals surface area contributed by atoms with Gasteiger partial charge in [-0.15, -0.1) is 0 Å². The number of furan rings is 1. The van der Waals surface area contributed by atoms with E-state index >= 15 is 0 Å². The molecule has 0 bridgehead atoms. The fourth-order valence-corrected chi connectivity index (χ4v) is 1.26. The minimum absolute atomic E-state index is 0.155. The normalized spacial score (nSPS) is 12.5. The van der Waals surface area contributed by atoms with Crippen molar-refractivity contribution in [2.24, 2.45) is 5.73 Å². The molecule has 0 radical (unpaired) electrons. The standard InChI is InChI=1S/C10H15NO3/c1-3-13-9(12)6-8(11)10-7(2)4-5-14-10/h4-5,8H,3,6,11H2,1-2H3. The van der Waals surface area contributed by atoms with E-state index in [9.17, 15) is 4.79 Å². The first-order valence-electron chi connectivity index (χ1n) is 4.60. The van der Waals surface area contributed by atoms with Crippen LogP contribution in [0.4, 0.5) is 0 Å². The van der Waals surface area contributed by atoms with Gasteiger partial charge in [-0.05, 0) is 25.5 Å². The zero-order valence-corrected chi connectivity index (χ0v) is 8.45. The molecule has 2 N–H and O–H groups in total. The minimum atomic E-state index is -0.413. The molecule has 1 aromatic heterocycles. The average molecular weight is 197 g/mol. The summed E-state index contributed by atoms with van der Waals surface area (Å²) in [6, 6.07) is 1.41. The van der Waals surface area contributed by atoms with E-state index in [4.69, 9.17) is 14.9 Å². The number of rotatable bonds is 4. The van der Waals surface area contributed by atoms with Gasteiger partial charge in [0.15, 0.2) is 0 Å². The molecule has 78 valence electrons. The van der Waals surface area contributed by atoms with Crippen LogP contribution >= 0.6 is 0 Å². The molecular weight excluding hydrogens is 182 g/mol. The summed E-state index contributed by atoms with van der Waals surface area (Å²) >= 11 is 0. The molecule has 1 rings (SSSR count). The molecular formula is C10H15NO3. The van der Waals surface area contributed by atoms with Crippen molar-refractivity contribution in [1.29, 1.82) is 0 Å². The van der Waals surface area contributed by atoms with Gasteiger partial charge in [-0.3, -0.25) is 4.79 Å². The first kappa shape index (κ1) is 10.8. The fraction of sp³-hybridized carbons (Fsp3) is 0.500. The van der Waals surface area contributed by atoms with Crippen LogP contribution in [0.15, 0.2) is 16.7 Å². The maximum Gasteiger partial charge on any atom is 0.307 e. The second-order valence-corrected chi connectivity index (χ2v) is 3.08. The van der Waals surface area contributed by atoms with Gasteiger partial charge in [0.1, 0.15) is 5.76 Å². The third kappa shape index (κ3) is 2.60. The quantitative estimate of drug-likeness (QED) is 0.743. The fourth-order valence-electron chi connectivity index (χ4n) is 1.26. The number of hydrogen-bond acceptors (Lipinski definition) is 4. The van der Waals surface area contributed by atoms with Gasteiger partial charge in [-0.2, -0.15) is 0 Å². The van der Waals surface area contributed by atoms with Crippen molar-refractivity contribution < 1.29 is 13.9 Å². The molecule has 0 spiro atoms. The van der Waals surface area contributed by atoms with Crippen LogP contribution in [0.5, 0.6) is 0 Å². The molecule has 0 fully saturated rings. The van der Waals surface area contributed by atoms with Gasteiger partial charge >= 0.3 is 5.97 Å². The molecule has 0 aliphatic carbocycles. The SMILES string of the molecule is CCOC(=O)CC(N)c1occc1C. The van der Waals surface area contributed by atoms with E-state index in [-0.39, 0.29) is 12.4 Å². The lowest BCUT2D eigenvalue weighted by Gasteiger charge is -2.08. The maximum atomic E-state index is 11.1. The zero-order chi connectivity index (χ0) is 10.6. The molecule has 14 heavy (non-hydrogen) atoms. The molecule has 1 atom stereocenters. The van der Waals surface area contributed by atoms with Gasteiger partial charge in [0.25, 0.3) is 0 Å². The monoisotopic (exact) mass is 197 g/mol. The highest BCUT2D eigenvalue weighted by Crippen LogP contribution is 2.19. The molecule has 0 saturated carbocycles. The van der Waals surface area contributed by atoms with Crippen LogP contribution in [-0.4, -0.2) is 12.6 Å². The first-order chi connectivity index (χ1) is 6.65. The van der Waals surface area contributed by atoms with Gasteiger partial charge in [-0.1, -0.05) is 0 Å². The van der Waals surface area contributed by atoms with Crippen LogP contribution in [-0.2, 0) is 9.53 Å². The summed E-state index contributed by atoms with van der Waals surface area (Å²) in [5, 5.41) is 0. The van der Waals surface area contributed by atoms with Gasteiger partial charge < -0.3 is 14.9 Å². The third-order valence-corrected chi connectivity index (χ3v) is 1.93. The van der Waals surface area contributed by atoms with E-state index < -0.39 is 6.04 Å². The number of carbonyl (C=O) groups excluding carboxylic acids is 1. The Morgan fingerprint density at radius 2 is 2.43 bits per heavy atom. The van der Waals surface area contributed by atoms with Crippen molar-refractivity contribution in [2.45, 2.75) is 26.3 Å². The molecule has 0 saturated heterocycles. The van der Waals surface area contributed by atoms with Gasteiger partial charge in [-0.25, -0.2) is 0 Å². The average Bonchev–Trinajstić information content (AvgIpc) is 2.51. The number of ether oxygens (including phenoxy) is 1. The lowest BCUT2D eigenvalue weighted by molar-refractivity contribution is -0.143. The Kier molecular flexibility index (Phi) is 3.71. The summed E-state index contributed by atoms with van der Waals surface area (Å²) in [4.78, 5) is 11.1. The predicted octanol–water partition coefficient (Wildman–Crippen LogP) is 1.54. The van der Waals surface area contributed by atoms with E-state index in [0.29, 0.717) is 12.4 Å². The van der Waals surface area contributed by atoms with Gasteiger partial charge in [0, 0.05) is 0 Å². The highest BCUT2D eigenvalue weighted by atomic mass is 16.5. The summed E-state index contributed by atoms with van der Waals surface area (Å²) in [5.74, 6) is 0.355. The molecule has 0 aliphatic rings. The van der Waals surface area contributed by atoms with Crippen molar-refractivity contribution >= 4 is 5.97 Å². The Labute approximate surface area is 83.0 Å². The van der Waals surface area contributed by atoms with E-state index in [1.807, 2.05) is 13.0 Å². The zero-order valence-electron chi connectivity index (χ0n) is 8.45. The van der Waals surface area contributed by atoms with Crippen LogP contribution in [0, 0.1) is 6.92 Å². The van der Waals surface area contributed by atoms with E-state index in [1.54, 1.807) is 13.2 Å². The van der Waals surface area contributed by atoms with Crippen molar-refractivity contribution in [3.8, 4) is 0 Å². The predicted molar refractivity (Wildman–Crippen MR) is 51.6 cm³/mol.